The van der Waals surface area contributed by atoms with Gasteiger partial charge in [-0.1, -0.05) is 12.1 Å². The van der Waals surface area contributed by atoms with E-state index in [4.69, 9.17) is 9.47 Å². The Kier molecular flexibility index (Phi) is 7.58. The molecule has 0 aromatic heterocycles. The Morgan fingerprint density at radius 1 is 1.03 bits per heavy atom. The molecular weight excluding hydrogens is 400 g/mol. The third kappa shape index (κ3) is 7.14. The topological polar surface area (TPSA) is 118 Å². The fraction of sp³-hybridized carbons (Fsp3) is 0.273. The quantitative estimate of drug-likeness (QED) is 0.322. The number of carbonyl (C=O) groups excluding carboxylic acids is 3. The molecule has 3 amide bonds. The molecule has 1 saturated carbocycles. The number of para-hydroxylation sites is 1. The molecule has 3 N–H and O–H groups in total. The number of hydrogen-bond acceptors (Lipinski definition) is 6. The van der Waals surface area contributed by atoms with Gasteiger partial charge in [0.05, 0.1) is 12.8 Å². The summed E-state index contributed by atoms with van der Waals surface area (Å²) in [6.45, 7) is 2.25. The highest BCUT2D eigenvalue weighted by Crippen LogP contribution is 2.19. The molecule has 9 heteroatoms. The van der Waals surface area contributed by atoms with Gasteiger partial charge in [-0.25, -0.2) is 5.43 Å². The van der Waals surface area contributed by atoms with Crippen molar-refractivity contribution in [2.45, 2.75) is 25.8 Å². The van der Waals surface area contributed by atoms with Crippen LogP contribution in [0.25, 0.3) is 0 Å². The van der Waals surface area contributed by atoms with Gasteiger partial charge in [0, 0.05) is 17.3 Å². The number of hydrogen-bond donors (Lipinski definition) is 3. The molecule has 1 aliphatic rings. The first kappa shape index (κ1) is 21.8. The SMILES string of the molecule is CCOc1ccc(NC(=O)COc2ccccc2/C=N\NC(=O)C(=O)NC2CC2)cc1. The van der Waals surface area contributed by atoms with Crippen molar-refractivity contribution in [3.63, 3.8) is 0 Å². The Bertz CT molecular complexity index is 955. The van der Waals surface area contributed by atoms with Crippen LogP contribution >= 0.6 is 0 Å². The smallest absolute Gasteiger partial charge is 0.329 e. The molecular formula is C22H24N4O5. The zero-order chi connectivity index (χ0) is 22.1. The average molecular weight is 424 g/mol. The van der Waals surface area contributed by atoms with Crippen molar-refractivity contribution in [1.82, 2.24) is 10.7 Å². The minimum absolute atomic E-state index is 0.0881. The second-order valence-electron chi connectivity index (χ2n) is 6.78. The van der Waals surface area contributed by atoms with Gasteiger partial charge in [-0.3, -0.25) is 14.4 Å². The fourth-order valence-corrected chi connectivity index (χ4v) is 2.55. The first-order chi connectivity index (χ1) is 15.0. The van der Waals surface area contributed by atoms with Crippen LogP contribution in [-0.2, 0) is 14.4 Å². The number of nitrogens with one attached hydrogen (secondary N) is 3. The van der Waals surface area contributed by atoms with Gasteiger partial charge in [0.2, 0.25) is 0 Å². The Balaban J connectivity index is 1.49. The summed E-state index contributed by atoms with van der Waals surface area (Å²) in [6, 6.07) is 14.0. The van der Waals surface area contributed by atoms with E-state index < -0.39 is 11.8 Å². The summed E-state index contributed by atoms with van der Waals surface area (Å²) in [4.78, 5) is 35.5. The van der Waals surface area contributed by atoms with Crippen molar-refractivity contribution in [3.05, 3.63) is 54.1 Å². The number of amides is 3. The molecule has 0 bridgehead atoms. The minimum Gasteiger partial charge on any atom is -0.494 e. The van der Waals surface area contributed by atoms with E-state index in [0.717, 1.165) is 18.6 Å². The first-order valence-electron chi connectivity index (χ1n) is 9.93. The predicted octanol–water partition coefficient (Wildman–Crippen LogP) is 1.83. The number of carbonyl (C=O) groups is 3. The lowest BCUT2D eigenvalue weighted by molar-refractivity contribution is -0.139. The molecule has 0 radical (unpaired) electrons. The molecule has 1 aliphatic carbocycles. The fourth-order valence-electron chi connectivity index (χ4n) is 2.55. The lowest BCUT2D eigenvalue weighted by Gasteiger charge is -2.10. The lowest BCUT2D eigenvalue weighted by Crippen LogP contribution is -2.38. The van der Waals surface area contributed by atoms with Gasteiger partial charge in [-0.05, 0) is 56.2 Å². The molecule has 3 rings (SSSR count). The van der Waals surface area contributed by atoms with Gasteiger partial charge in [0.25, 0.3) is 5.91 Å². The van der Waals surface area contributed by atoms with Crippen LogP contribution < -0.4 is 25.5 Å². The number of nitrogens with zero attached hydrogens (tertiary/aromatic N) is 1. The number of rotatable bonds is 9. The summed E-state index contributed by atoms with van der Waals surface area (Å²) in [5, 5.41) is 9.10. The molecule has 0 saturated heterocycles. The van der Waals surface area contributed by atoms with Crippen LogP contribution in [0.5, 0.6) is 11.5 Å². The molecule has 0 unspecified atom stereocenters. The molecule has 2 aromatic rings. The van der Waals surface area contributed by atoms with Crippen LogP contribution in [-0.4, -0.2) is 43.2 Å². The Hall–Kier alpha value is -3.88. The maximum absolute atomic E-state index is 12.2. The molecule has 2 aromatic carbocycles. The van der Waals surface area contributed by atoms with Crippen molar-refractivity contribution in [2.75, 3.05) is 18.5 Å². The van der Waals surface area contributed by atoms with E-state index >= 15 is 0 Å². The van der Waals surface area contributed by atoms with Crippen LogP contribution in [0.15, 0.2) is 53.6 Å². The summed E-state index contributed by atoms with van der Waals surface area (Å²) in [5.74, 6) is -0.751. The highest BCUT2D eigenvalue weighted by molar-refractivity contribution is 6.35. The number of hydrazone groups is 1. The van der Waals surface area contributed by atoms with E-state index in [9.17, 15) is 14.4 Å². The second-order valence-corrected chi connectivity index (χ2v) is 6.78. The predicted molar refractivity (Wildman–Crippen MR) is 115 cm³/mol. The zero-order valence-electron chi connectivity index (χ0n) is 17.1. The van der Waals surface area contributed by atoms with E-state index in [0.29, 0.717) is 23.6 Å². The standard InChI is InChI=1S/C22H24N4O5/c1-2-30-18-11-9-16(10-12-18)24-20(27)14-31-19-6-4-3-5-15(19)13-23-26-22(29)21(28)25-17-7-8-17/h3-6,9-13,17H,2,7-8,14H2,1H3,(H,24,27)(H,25,28)(H,26,29)/b23-13-. The van der Waals surface area contributed by atoms with Gasteiger partial charge in [-0.2, -0.15) is 5.10 Å². The van der Waals surface area contributed by atoms with Crippen molar-refractivity contribution in [1.29, 1.82) is 0 Å². The Morgan fingerprint density at radius 2 is 1.77 bits per heavy atom. The molecule has 0 atom stereocenters. The van der Waals surface area contributed by atoms with Crippen LogP contribution in [0.2, 0.25) is 0 Å². The van der Waals surface area contributed by atoms with Crippen molar-refractivity contribution in [3.8, 4) is 11.5 Å². The average Bonchev–Trinajstić information content (AvgIpc) is 3.58. The third-order valence-corrected chi connectivity index (χ3v) is 4.22. The van der Waals surface area contributed by atoms with Crippen LogP contribution in [0.4, 0.5) is 5.69 Å². The van der Waals surface area contributed by atoms with Crippen molar-refractivity contribution >= 4 is 29.6 Å². The van der Waals surface area contributed by atoms with E-state index in [1.54, 1.807) is 48.5 Å². The Labute approximate surface area is 179 Å². The highest BCUT2D eigenvalue weighted by atomic mass is 16.5. The number of anilines is 1. The number of benzene rings is 2. The molecule has 0 heterocycles. The van der Waals surface area contributed by atoms with Crippen molar-refractivity contribution in [2.24, 2.45) is 5.10 Å². The van der Waals surface area contributed by atoms with Crippen LogP contribution in [0, 0.1) is 0 Å². The Morgan fingerprint density at radius 3 is 2.48 bits per heavy atom. The lowest BCUT2D eigenvalue weighted by atomic mass is 10.2. The van der Waals surface area contributed by atoms with E-state index in [1.165, 1.54) is 6.21 Å². The molecule has 9 nitrogen and oxygen atoms in total. The molecule has 1 fully saturated rings. The van der Waals surface area contributed by atoms with Gasteiger partial charge in [-0.15, -0.1) is 0 Å². The maximum atomic E-state index is 12.2. The summed E-state index contributed by atoms with van der Waals surface area (Å²) < 4.78 is 10.9. The molecule has 0 spiro atoms. The summed E-state index contributed by atoms with van der Waals surface area (Å²) in [7, 11) is 0. The highest BCUT2D eigenvalue weighted by Gasteiger charge is 2.26. The second kappa shape index (κ2) is 10.8. The maximum Gasteiger partial charge on any atom is 0.329 e. The van der Waals surface area contributed by atoms with Crippen LogP contribution in [0.3, 0.4) is 0 Å². The largest absolute Gasteiger partial charge is 0.494 e. The summed E-state index contributed by atoms with van der Waals surface area (Å²) >= 11 is 0. The molecule has 0 aliphatic heterocycles. The third-order valence-electron chi connectivity index (χ3n) is 4.22. The van der Waals surface area contributed by atoms with E-state index in [1.807, 2.05) is 6.92 Å². The van der Waals surface area contributed by atoms with Gasteiger partial charge < -0.3 is 20.1 Å². The van der Waals surface area contributed by atoms with Gasteiger partial charge >= 0.3 is 11.8 Å². The van der Waals surface area contributed by atoms with E-state index in [-0.39, 0.29) is 18.6 Å². The van der Waals surface area contributed by atoms with Gasteiger partial charge in [0.1, 0.15) is 11.5 Å². The van der Waals surface area contributed by atoms with E-state index in [2.05, 4.69) is 21.2 Å². The molecule has 162 valence electrons. The minimum atomic E-state index is -0.837. The zero-order valence-corrected chi connectivity index (χ0v) is 17.1. The number of ether oxygens (including phenoxy) is 2. The first-order valence-corrected chi connectivity index (χ1v) is 9.93. The summed E-state index contributed by atoms with van der Waals surface area (Å²) in [6.07, 6.45) is 3.13. The van der Waals surface area contributed by atoms with Crippen LogP contribution in [0.1, 0.15) is 25.3 Å². The van der Waals surface area contributed by atoms with Gasteiger partial charge in [0.15, 0.2) is 6.61 Å². The summed E-state index contributed by atoms with van der Waals surface area (Å²) in [5.41, 5.74) is 3.34. The molecule has 31 heavy (non-hydrogen) atoms. The monoisotopic (exact) mass is 424 g/mol. The van der Waals surface area contributed by atoms with Crippen molar-refractivity contribution < 1.29 is 23.9 Å². The normalized spacial score (nSPS) is 12.8.